The number of nitriles is 1. The number of benzene rings is 2. The van der Waals surface area contributed by atoms with Crippen LogP contribution >= 0.6 is 11.3 Å². The first-order chi connectivity index (χ1) is 14.1. The molecule has 0 aliphatic carbocycles. The van der Waals surface area contributed by atoms with Crippen LogP contribution in [0.4, 0.5) is 0 Å². The minimum Gasteiger partial charge on any atom is -0.296 e. The first-order valence-corrected chi connectivity index (χ1v) is 11.7. The van der Waals surface area contributed by atoms with E-state index in [2.05, 4.69) is 29.2 Å². The fraction of sp³-hybridized carbons (Fsp3) is 0.227. The molecule has 1 fully saturated rings. The number of rotatable bonds is 5. The molecule has 0 amide bonds. The maximum Gasteiger partial charge on any atom is 0.243 e. The minimum absolute atomic E-state index is 0.191. The lowest BCUT2D eigenvalue weighted by atomic mass is 10.2. The van der Waals surface area contributed by atoms with Crippen LogP contribution in [0.3, 0.4) is 0 Å². The van der Waals surface area contributed by atoms with Gasteiger partial charge in [0.25, 0.3) is 0 Å². The number of thiophene rings is 1. The van der Waals surface area contributed by atoms with Gasteiger partial charge in [0.1, 0.15) is 0 Å². The summed E-state index contributed by atoms with van der Waals surface area (Å²) in [6.45, 7) is 3.12. The monoisotopic (exact) mass is 423 g/mol. The maximum absolute atomic E-state index is 12.9. The summed E-state index contributed by atoms with van der Waals surface area (Å²) in [6.07, 6.45) is 0. The van der Waals surface area contributed by atoms with Crippen molar-refractivity contribution in [1.82, 2.24) is 9.21 Å². The van der Waals surface area contributed by atoms with Crippen molar-refractivity contribution in [2.45, 2.75) is 11.4 Å². The van der Waals surface area contributed by atoms with E-state index in [1.165, 1.54) is 25.7 Å². The Kier molecular flexibility index (Phi) is 5.79. The Hall–Kier alpha value is -2.50. The number of sulfonamides is 1. The molecule has 1 aromatic heterocycles. The molecule has 5 nitrogen and oxygen atoms in total. The van der Waals surface area contributed by atoms with Gasteiger partial charge in [-0.15, -0.1) is 11.3 Å². The molecule has 0 bridgehead atoms. The average Bonchev–Trinajstić information content (AvgIpc) is 3.23. The molecule has 0 radical (unpaired) electrons. The van der Waals surface area contributed by atoms with Gasteiger partial charge in [-0.05, 0) is 35.9 Å². The van der Waals surface area contributed by atoms with Crippen molar-refractivity contribution in [3.05, 3.63) is 77.2 Å². The molecule has 0 unspecified atom stereocenters. The van der Waals surface area contributed by atoms with Crippen LogP contribution in [0.1, 0.15) is 10.4 Å². The molecule has 1 saturated heterocycles. The third-order valence-corrected chi connectivity index (χ3v) is 8.05. The first-order valence-electron chi connectivity index (χ1n) is 9.43. The molecule has 1 aliphatic rings. The summed E-state index contributed by atoms with van der Waals surface area (Å²) < 4.78 is 27.3. The highest BCUT2D eigenvalue weighted by Gasteiger charge is 2.28. The summed E-state index contributed by atoms with van der Waals surface area (Å²) in [5.74, 6) is 0. The van der Waals surface area contributed by atoms with Gasteiger partial charge >= 0.3 is 0 Å². The summed E-state index contributed by atoms with van der Waals surface area (Å²) >= 11 is 1.78. The maximum atomic E-state index is 12.9. The molecule has 148 valence electrons. The average molecular weight is 424 g/mol. The van der Waals surface area contributed by atoms with Crippen LogP contribution in [0.5, 0.6) is 0 Å². The van der Waals surface area contributed by atoms with Gasteiger partial charge in [-0.3, -0.25) is 4.90 Å². The molecule has 2 aromatic carbocycles. The lowest BCUT2D eigenvalue weighted by Crippen LogP contribution is -2.48. The molecule has 2 heterocycles. The zero-order valence-electron chi connectivity index (χ0n) is 15.9. The molecule has 0 spiro atoms. The van der Waals surface area contributed by atoms with E-state index in [4.69, 9.17) is 5.26 Å². The molecule has 0 saturated carbocycles. The van der Waals surface area contributed by atoms with Crippen LogP contribution < -0.4 is 0 Å². The molecule has 3 aromatic rings. The van der Waals surface area contributed by atoms with E-state index < -0.39 is 10.0 Å². The summed E-state index contributed by atoms with van der Waals surface area (Å²) in [7, 11) is -3.56. The van der Waals surface area contributed by atoms with E-state index in [9.17, 15) is 8.42 Å². The topological polar surface area (TPSA) is 64.4 Å². The molecular formula is C22H21N3O2S2. The van der Waals surface area contributed by atoms with E-state index in [-0.39, 0.29) is 4.90 Å². The second-order valence-electron chi connectivity index (χ2n) is 6.95. The van der Waals surface area contributed by atoms with Gasteiger partial charge in [-0.1, -0.05) is 36.4 Å². The van der Waals surface area contributed by atoms with Crippen LogP contribution in [0.15, 0.2) is 71.6 Å². The van der Waals surface area contributed by atoms with E-state index in [1.54, 1.807) is 29.5 Å². The Balaban J connectivity index is 1.38. The van der Waals surface area contributed by atoms with Crippen molar-refractivity contribution >= 4 is 21.4 Å². The predicted molar refractivity (Wildman–Crippen MR) is 115 cm³/mol. The third-order valence-electron chi connectivity index (χ3n) is 5.03. The number of piperazine rings is 1. The largest absolute Gasteiger partial charge is 0.296 e. The highest BCUT2D eigenvalue weighted by atomic mass is 32.2. The Morgan fingerprint density at radius 2 is 1.69 bits per heavy atom. The molecule has 0 N–H and O–H groups in total. The highest BCUT2D eigenvalue weighted by molar-refractivity contribution is 7.89. The van der Waals surface area contributed by atoms with Gasteiger partial charge in [0, 0.05) is 42.5 Å². The fourth-order valence-electron chi connectivity index (χ4n) is 3.44. The number of hydrogen-bond acceptors (Lipinski definition) is 5. The standard InChI is InChI=1S/C22H21N3O2S2/c23-16-18-5-4-8-21(15-18)29(26,27)25-13-11-24(12-14-25)17-20-9-10-22(28-20)19-6-2-1-3-7-19/h1-10,15H,11-14,17H2. The van der Waals surface area contributed by atoms with Crippen LogP contribution in [-0.2, 0) is 16.6 Å². The smallest absolute Gasteiger partial charge is 0.243 e. The van der Waals surface area contributed by atoms with Gasteiger partial charge in [-0.2, -0.15) is 9.57 Å². The third kappa shape index (κ3) is 4.41. The molecule has 7 heteroatoms. The van der Waals surface area contributed by atoms with Gasteiger partial charge in [0.15, 0.2) is 0 Å². The van der Waals surface area contributed by atoms with Gasteiger partial charge in [0.2, 0.25) is 10.0 Å². The van der Waals surface area contributed by atoms with Crippen LogP contribution in [0, 0.1) is 11.3 Å². The second kappa shape index (κ2) is 8.47. The fourth-order valence-corrected chi connectivity index (χ4v) is 5.97. The minimum atomic E-state index is -3.56. The van der Waals surface area contributed by atoms with Crippen molar-refractivity contribution in [3.63, 3.8) is 0 Å². The molecular weight excluding hydrogens is 402 g/mol. The molecule has 29 heavy (non-hydrogen) atoms. The van der Waals surface area contributed by atoms with Crippen molar-refractivity contribution in [2.24, 2.45) is 0 Å². The van der Waals surface area contributed by atoms with E-state index >= 15 is 0 Å². The molecule has 0 atom stereocenters. The van der Waals surface area contributed by atoms with Crippen molar-refractivity contribution < 1.29 is 8.42 Å². The lowest BCUT2D eigenvalue weighted by Gasteiger charge is -2.33. The van der Waals surface area contributed by atoms with Crippen LogP contribution in [0.25, 0.3) is 10.4 Å². The number of nitrogens with zero attached hydrogens (tertiary/aromatic N) is 3. The number of hydrogen-bond donors (Lipinski definition) is 0. The van der Waals surface area contributed by atoms with Gasteiger partial charge < -0.3 is 0 Å². The van der Waals surface area contributed by atoms with Crippen LogP contribution in [0.2, 0.25) is 0 Å². The highest BCUT2D eigenvalue weighted by Crippen LogP contribution is 2.29. The first kappa shape index (κ1) is 19.8. The Bertz CT molecular complexity index is 1130. The van der Waals surface area contributed by atoms with E-state index in [0.717, 1.165) is 6.54 Å². The van der Waals surface area contributed by atoms with Gasteiger partial charge in [0.05, 0.1) is 16.5 Å². The van der Waals surface area contributed by atoms with Crippen molar-refractivity contribution in [3.8, 4) is 16.5 Å². The normalized spacial score (nSPS) is 15.8. The Labute approximate surface area is 175 Å². The quantitative estimate of drug-likeness (QED) is 0.626. The van der Waals surface area contributed by atoms with E-state index in [0.29, 0.717) is 31.7 Å². The molecule has 1 aliphatic heterocycles. The van der Waals surface area contributed by atoms with Crippen LogP contribution in [-0.4, -0.2) is 43.8 Å². The summed E-state index contributed by atoms with van der Waals surface area (Å²) in [5.41, 5.74) is 1.58. The predicted octanol–water partition coefficient (Wildman–Crippen LogP) is 3.79. The lowest BCUT2D eigenvalue weighted by molar-refractivity contribution is 0.183. The van der Waals surface area contributed by atoms with Gasteiger partial charge in [-0.25, -0.2) is 8.42 Å². The van der Waals surface area contributed by atoms with E-state index in [1.807, 2.05) is 24.3 Å². The zero-order valence-corrected chi connectivity index (χ0v) is 17.5. The zero-order chi connectivity index (χ0) is 20.3. The van der Waals surface area contributed by atoms with Crippen molar-refractivity contribution in [1.29, 1.82) is 5.26 Å². The second-order valence-corrected chi connectivity index (χ2v) is 10.1. The summed E-state index contributed by atoms with van der Waals surface area (Å²) in [4.78, 5) is 5.01. The Morgan fingerprint density at radius 1 is 0.931 bits per heavy atom. The summed E-state index contributed by atoms with van der Waals surface area (Å²) in [6, 6.07) is 22.9. The molecule has 4 rings (SSSR count). The Morgan fingerprint density at radius 3 is 2.41 bits per heavy atom. The van der Waals surface area contributed by atoms with Crippen molar-refractivity contribution in [2.75, 3.05) is 26.2 Å². The summed E-state index contributed by atoms with van der Waals surface area (Å²) in [5, 5.41) is 9.02. The SMILES string of the molecule is N#Cc1cccc(S(=O)(=O)N2CCN(Cc3ccc(-c4ccccc4)s3)CC2)c1.